The number of hydrogen-bond donors (Lipinski definition) is 2. The first-order valence-electron chi connectivity index (χ1n) is 8.38. The van der Waals surface area contributed by atoms with Gasteiger partial charge < -0.3 is 20.1 Å². The smallest absolute Gasteiger partial charge is 0.321 e. The molecule has 3 amide bonds. The van der Waals surface area contributed by atoms with Gasteiger partial charge in [0.1, 0.15) is 0 Å². The lowest BCUT2D eigenvalue weighted by molar-refractivity contribution is -0.118. The van der Waals surface area contributed by atoms with Gasteiger partial charge in [0.2, 0.25) is 0 Å². The summed E-state index contributed by atoms with van der Waals surface area (Å²) in [6.07, 6.45) is 0.907. The van der Waals surface area contributed by atoms with Crippen LogP contribution in [0, 0.1) is 0 Å². The summed E-state index contributed by atoms with van der Waals surface area (Å²) in [5, 5.41) is 5.58. The Bertz CT molecular complexity index is 777. The van der Waals surface area contributed by atoms with Gasteiger partial charge in [0, 0.05) is 24.5 Å². The quantitative estimate of drug-likeness (QED) is 0.835. The fraction of sp³-hybridized carbons (Fsp3) is 0.263. The molecule has 0 spiro atoms. The Morgan fingerprint density at radius 3 is 2.58 bits per heavy atom. The largest absolute Gasteiger partial charge is 0.493 e. The minimum absolute atomic E-state index is 0.0988. The minimum atomic E-state index is -0.278. The van der Waals surface area contributed by atoms with E-state index in [0.29, 0.717) is 30.3 Å². The molecule has 1 saturated heterocycles. The van der Waals surface area contributed by atoms with Crippen molar-refractivity contribution in [3.8, 4) is 11.5 Å². The zero-order valence-corrected chi connectivity index (χ0v) is 14.5. The molecule has 1 heterocycles. The molecule has 0 aromatic heterocycles. The maximum absolute atomic E-state index is 12.1. The monoisotopic (exact) mass is 355 g/mol. The van der Waals surface area contributed by atoms with Gasteiger partial charge in [-0.05, 0) is 42.8 Å². The first kappa shape index (κ1) is 17.6. The number of carbonyl (C=O) groups excluding carboxylic acids is 2. The van der Waals surface area contributed by atoms with Crippen LogP contribution in [0.4, 0.5) is 16.2 Å². The molecule has 3 rings (SSSR count). The van der Waals surface area contributed by atoms with E-state index < -0.39 is 0 Å². The van der Waals surface area contributed by atoms with Crippen molar-refractivity contribution < 1.29 is 19.1 Å². The van der Waals surface area contributed by atoms with E-state index >= 15 is 0 Å². The van der Waals surface area contributed by atoms with Crippen molar-refractivity contribution in [3.05, 3.63) is 48.5 Å². The minimum Gasteiger partial charge on any atom is -0.493 e. The van der Waals surface area contributed by atoms with Crippen molar-refractivity contribution in [2.75, 3.05) is 37.0 Å². The van der Waals surface area contributed by atoms with Crippen LogP contribution in [0.1, 0.15) is 6.42 Å². The molecule has 2 N–H and O–H groups in total. The van der Waals surface area contributed by atoms with Crippen LogP contribution in [0.3, 0.4) is 0 Å². The highest BCUT2D eigenvalue weighted by molar-refractivity contribution is 5.94. The van der Waals surface area contributed by atoms with Crippen LogP contribution in [-0.4, -0.2) is 38.7 Å². The Morgan fingerprint density at radius 1 is 1.15 bits per heavy atom. The maximum Gasteiger partial charge on any atom is 0.321 e. The van der Waals surface area contributed by atoms with Gasteiger partial charge in [-0.15, -0.1) is 0 Å². The summed E-state index contributed by atoms with van der Waals surface area (Å²) in [5.74, 6) is 0.806. The van der Waals surface area contributed by atoms with E-state index in [0.717, 1.165) is 12.1 Å². The molecule has 7 heteroatoms. The molecule has 1 fully saturated rings. The van der Waals surface area contributed by atoms with E-state index in [1.807, 2.05) is 24.3 Å². The Kier molecular flexibility index (Phi) is 5.58. The number of nitrogens with one attached hydrogen (secondary N) is 2. The van der Waals surface area contributed by atoms with Gasteiger partial charge in [0.25, 0.3) is 5.91 Å². The van der Waals surface area contributed by atoms with Crippen molar-refractivity contribution in [3.63, 3.8) is 0 Å². The van der Waals surface area contributed by atoms with Gasteiger partial charge in [0.15, 0.2) is 18.1 Å². The number of methoxy groups -OCH3 is 1. The Hall–Kier alpha value is -3.22. The standard InChI is InChI=1S/C19H21N3O4/c1-25-16-5-2-3-6-17(16)26-13-18(23)21-14-7-9-15(10-8-14)22-12-4-11-20-19(22)24/h2-3,5-10H,4,11-13H2,1H3,(H,20,24)(H,21,23). The van der Waals surface area contributed by atoms with Gasteiger partial charge in [-0.2, -0.15) is 0 Å². The SMILES string of the molecule is COc1ccccc1OCC(=O)Nc1ccc(N2CCCNC2=O)cc1. The number of benzene rings is 2. The molecule has 0 saturated carbocycles. The predicted octanol–water partition coefficient (Wildman–Crippen LogP) is 2.63. The van der Waals surface area contributed by atoms with E-state index in [9.17, 15) is 9.59 Å². The third-order valence-corrected chi connectivity index (χ3v) is 3.97. The van der Waals surface area contributed by atoms with Gasteiger partial charge in [-0.3, -0.25) is 9.69 Å². The predicted molar refractivity (Wildman–Crippen MR) is 98.9 cm³/mol. The van der Waals surface area contributed by atoms with E-state index in [1.54, 1.807) is 36.3 Å². The molecule has 1 aliphatic rings. The molecule has 2 aromatic rings. The van der Waals surface area contributed by atoms with Crippen molar-refractivity contribution in [1.29, 1.82) is 0 Å². The number of rotatable bonds is 6. The number of anilines is 2. The first-order chi connectivity index (χ1) is 12.7. The number of para-hydroxylation sites is 2. The van der Waals surface area contributed by atoms with Crippen LogP contribution < -0.4 is 25.0 Å². The average Bonchev–Trinajstić information content (AvgIpc) is 2.68. The van der Waals surface area contributed by atoms with Crippen LogP contribution >= 0.6 is 0 Å². The summed E-state index contributed by atoms with van der Waals surface area (Å²) >= 11 is 0. The number of amides is 3. The lowest BCUT2D eigenvalue weighted by Gasteiger charge is -2.27. The number of ether oxygens (including phenoxy) is 2. The van der Waals surface area contributed by atoms with Gasteiger partial charge in [0.05, 0.1) is 7.11 Å². The second-order valence-electron chi connectivity index (χ2n) is 5.77. The van der Waals surface area contributed by atoms with Crippen molar-refractivity contribution >= 4 is 23.3 Å². The zero-order chi connectivity index (χ0) is 18.4. The van der Waals surface area contributed by atoms with E-state index in [2.05, 4.69) is 10.6 Å². The highest BCUT2D eigenvalue weighted by Crippen LogP contribution is 2.25. The Labute approximate surface area is 151 Å². The number of urea groups is 1. The summed E-state index contributed by atoms with van der Waals surface area (Å²) in [6, 6.07) is 14.2. The molecule has 1 aliphatic heterocycles. The molecular weight excluding hydrogens is 334 g/mol. The van der Waals surface area contributed by atoms with Gasteiger partial charge >= 0.3 is 6.03 Å². The van der Waals surface area contributed by atoms with Crippen LogP contribution in [0.25, 0.3) is 0 Å². The van der Waals surface area contributed by atoms with Crippen molar-refractivity contribution in [2.45, 2.75) is 6.42 Å². The number of carbonyl (C=O) groups is 2. The highest BCUT2D eigenvalue weighted by Gasteiger charge is 2.18. The highest BCUT2D eigenvalue weighted by atomic mass is 16.5. The van der Waals surface area contributed by atoms with Crippen LogP contribution in [0.2, 0.25) is 0 Å². The van der Waals surface area contributed by atoms with Crippen LogP contribution in [0.15, 0.2) is 48.5 Å². The second kappa shape index (κ2) is 8.24. The molecular formula is C19H21N3O4. The van der Waals surface area contributed by atoms with E-state index in [1.165, 1.54) is 0 Å². The zero-order valence-electron chi connectivity index (χ0n) is 14.5. The third kappa shape index (κ3) is 4.24. The second-order valence-corrected chi connectivity index (χ2v) is 5.77. The molecule has 0 unspecified atom stereocenters. The molecule has 0 bridgehead atoms. The molecule has 7 nitrogen and oxygen atoms in total. The lowest BCUT2D eigenvalue weighted by Crippen LogP contribution is -2.46. The Morgan fingerprint density at radius 2 is 1.88 bits per heavy atom. The first-order valence-corrected chi connectivity index (χ1v) is 8.38. The molecule has 26 heavy (non-hydrogen) atoms. The number of nitrogens with zero attached hydrogens (tertiary/aromatic N) is 1. The topological polar surface area (TPSA) is 79.9 Å². The fourth-order valence-electron chi connectivity index (χ4n) is 2.68. The molecule has 136 valence electrons. The normalized spacial score (nSPS) is 13.7. The van der Waals surface area contributed by atoms with Crippen molar-refractivity contribution in [1.82, 2.24) is 5.32 Å². The van der Waals surface area contributed by atoms with Gasteiger partial charge in [-0.1, -0.05) is 12.1 Å². The van der Waals surface area contributed by atoms with E-state index in [-0.39, 0.29) is 18.5 Å². The maximum atomic E-state index is 12.1. The lowest BCUT2D eigenvalue weighted by atomic mass is 10.2. The Balaban J connectivity index is 1.55. The van der Waals surface area contributed by atoms with Crippen LogP contribution in [-0.2, 0) is 4.79 Å². The molecule has 0 radical (unpaired) electrons. The molecule has 2 aromatic carbocycles. The fourth-order valence-corrected chi connectivity index (χ4v) is 2.68. The van der Waals surface area contributed by atoms with E-state index in [4.69, 9.17) is 9.47 Å². The summed E-state index contributed by atoms with van der Waals surface area (Å²) < 4.78 is 10.7. The van der Waals surface area contributed by atoms with Crippen LogP contribution in [0.5, 0.6) is 11.5 Å². The average molecular weight is 355 g/mol. The van der Waals surface area contributed by atoms with Gasteiger partial charge in [-0.25, -0.2) is 4.79 Å². The van der Waals surface area contributed by atoms with Crippen molar-refractivity contribution in [2.24, 2.45) is 0 Å². The summed E-state index contributed by atoms with van der Waals surface area (Å²) in [6.45, 7) is 1.26. The number of hydrogen-bond acceptors (Lipinski definition) is 4. The molecule has 0 aliphatic carbocycles. The molecule has 0 atom stereocenters. The summed E-state index contributed by atoms with van der Waals surface area (Å²) in [4.78, 5) is 25.6. The third-order valence-electron chi connectivity index (χ3n) is 3.97. The summed E-state index contributed by atoms with van der Waals surface area (Å²) in [7, 11) is 1.55. The summed E-state index contributed by atoms with van der Waals surface area (Å²) in [5.41, 5.74) is 1.44.